The van der Waals surface area contributed by atoms with E-state index in [1.165, 1.54) is 11.8 Å². The minimum Gasteiger partial charge on any atom is -0.494 e. The number of hydrogen-bond donors (Lipinski definition) is 1. The van der Waals surface area contributed by atoms with Crippen LogP contribution in [0.1, 0.15) is 19.4 Å². The predicted molar refractivity (Wildman–Crippen MR) is 125 cm³/mol. The van der Waals surface area contributed by atoms with Crippen molar-refractivity contribution in [3.8, 4) is 23.0 Å². The van der Waals surface area contributed by atoms with Gasteiger partial charge in [0.2, 0.25) is 11.7 Å². The lowest BCUT2D eigenvalue weighted by Gasteiger charge is -2.11. The summed E-state index contributed by atoms with van der Waals surface area (Å²) in [5, 5.41) is 12.2. The first-order chi connectivity index (χ1) is 15.7. The zero-order valence-corrected chi connectivity index (χ0v) is 18.8. The highest BCUT2D eigenvalue weighted by molar-refractivity contribution is 7.99. The van der Waals surface area contributed by atoms with Crippen molar-refractivity contribution in [2.75, 3.05) is 17.7 Å². The van der Waals surface area contributed by atoms with E-state index < -0.39 is 0 Å². The van der Waals surface area contributed by atoms with Crippen molar-refractivity contribution in [3.63, 3.8) is 0 Å². The molecule has 2 aromatic heterocycles. The first-order valence-electron chi connectivity index (χ1n) is 10.4. The standard InChI is InChI=1S/C24H24N4O3S/c1-3-17-8-5-6-9-20(17)25-22(29)16-32-24-27-26-23(21-10-7-15-31-21)28(24)18-11-13-19(14-12-18)30-4-2/h5-15H,3-4,16H2,1-2H3,(H,25,29). The summed E-state index contributed by atoms with van der Waals surface area (Å²) in [7, 11) is 0. The van der Waals surface area contributed by atoms with Gasteiger partial charge in [0.05, 0.1) is 24.3 Å². The molecule has 0 radical (unpaired) electrons. The minimum absolute atomic E-state index is 0.100. The van der Waals surface area contributed by atoms with E-state index in [0.717, 1.165) is 29.1 Å². The molecule has 32 heavy (non-hydrogen) atoms. The third kappa shape index (κ3) is 4.86. The number of para-hydroxylation sites is 1. The molecule has 0 spiro atoms. The molecule has 0 bridgehead atoms. The second-order valence-corrected chi connectivity index (χ2v) is 7.84. The van der Waals surface area contributed by atoms with Crippen LogP contribution in [0, 0.1) is 0 Å². The third-order valence-corrected chi connectivity index (χ3v) is 5.71. The molecule has 2 aromatic carbocycles. The number of anilines is 1. The summed E-state index contributed by atoms with van der Waals surface area (Å²) in [6, 6.07) is 19.1. The summed E-state index contributed by atoms with van der Waals surface area (Å²) in [6.45, 7) is 4.61. The summed E-state index contributed by atoms with van der Waals surface area (Å²) < 4.78 is 13.0. The van der Waals surface area contributed by atoms with Crippen LogP contribution in [0.5, 0.6) is 5.75 Å². The fraction of sp³-hybridized carbons (Fsp3) is 0.208. The molecule has 0 atom stereocenters. The van der Waals surface area contributed by atoms with E-state index in [-0.39, 0.29) is 11.7 Å². The molecule has 1 N–H and O–H groups in total. The Bertz CT molecular complexity index is 1170. The molecule has 1 amide bonds. The number of rotatable bonds is 9. The van der Waals surface area contributed by atoms with E-state index >= 15 is 0 Å². The number of furan rings is 1. The molecule has 8 heteroatoms. The van der Waals surface area contributed by atoms with Crippen LogP contribution >= 0.6 is 11.8 Å². The monoisotopic (exact) mass is 448 g/mol. The van der Waals surface area contributed by atoms with Crippen molar-refractivity contribution in [1.82, 2.24) is 14.8 Å². The minimum atomic E-state index is -0.100. The predicted octanol–water partition coefficient (Wildman–Crippen LogP) is 5.22. The maximum atomic E-state index is 12.6. The van der Waals surface area contributed by atoms with E-state index in [1.807, 2.05) is 66.1 Å². The van der Waals surface area contributed by atoms with E-state index in [1.54, 1.807) is 12.3 Å². The van der Waals surface area contributed by atoms with Gasteiger partial charge in [0.15, 0.2) is 10.9 Å². The molecular formula is C24H24N4O3S. The Morgan fingerprint density at radius 2 is 1.88 bits per heavy atom. The Labute approximate surface area is 190 Å². The molecule has 0 aliphatic carbocycles. The maximum absolute atomic E-state index is 12.6. The van der Waals surface area contributed by atoms with Gasteiger partial charge in [-0.25, -0.2) is 0 Å². The van der Waals surface area contributed by atoms with Crippen LogP contribution in [-0.4, -0.2) is 33.0 Å². The van der Waals surface area contributed by atoms with Gasteiger partial charge in [0, 0.05) is 5.69 Å². The molecule has 0 aliphatic heterocycles. The van der Waals surface area contributed by atoms with E-state index in [2.05, 4.69) is 22.4 Å². The summed E-state index contributed by atoms with van der Waals surface area (Å²) in [6.07, 6.45) is 2.44. The Kier molecular flexibility index (Phi) is 6.91. The van der Waals surface area contributed by atoms with Gasteiger partial charge in [-0.3, -0.25) is 9.36 Å². The average Bonchev–Trinajstić information content (AvgIpc) is 3.49. The van der Waals surface area contributed by atoms with Crippen molar-refractivity contribution in [2.45, 2.75) is 25.4 Å². The van der Waals surface area contributed by atoms with E-state index in [9.17, 15) is 4.79 Å². The average molecular weight is 449 g/mol. The topological polar surface area (TPSA) is 82.2 Å². The molecular weight excluding hydrogens is 424 g/mol. The molecule has 4 rings (SSSR count). The summed E-state index contributed by atoms with van der Waals surface area (Å²) >= 11 is 1.32. The number of aromatic nitrogens is 3. The maximum Gasteiger partial charge on any atom is 0.234 e. The van der Waals surface area contributed by atoms with Gasteiger partial charge in [-0.05, 0) is 61.4 Å². The Morgan fingerprint density at radius 3 is 2.59 bits per heavy atom. The van der Waals surface area contributed by atoms with Crippen molar-refractivity contribution in [2.24, 2.45) is 0 Å². The van der Waals surface area contributed by atoms with Gasteiger partial charge in [-0.15, -0.1) is 10.2 Å². The fourth-order valence-electron chi connectivity index (χ4n) is 3.29. The number of aryl methyl sites for hydroxylation is 1. The number of benzene rings is 2. The van der Waals surface area contributed by atoms with Gasteiger partial charge in [-0.1, -0.05) is 36.9 Å². The second-order valence-electron chi connectivity index (χ2n) is 6.89. The van der Waals surface area contributed by atoms with Gasteiger partial charge in [0.1, 0.15) is 5.75 Å². The van der Waals surface area contributed by atoms with Gasteiger partial charge in [0.25, 0.3) is 0 Å². The lowest BCUT2D eigenvalue weighted by molar-refractivity contribution is -0.113. The quantitative estimate of drug-likeness (QED) is 0.354. The zero-order chi connectivity index (χ0) is 22.3. The molecule has 0 fully saturated rings. The molecule has 7 nitrogen and oxygen atoms in total. The van der Waals surface area contributed by atoms with Crippen molar-refractivity contribution < 1.29 is 13.9 Å². The number of ether oxygens (including phenoxy) is 1. The number of amides is 1. The Morgan fingerprint density at radius 1 is 1.06 bits per heavy atom. The first kappa shape index (κ1) is 21.7. The summed E-state index contributed by atoms with van der Waals surface area (Å²) in [5.41, 5.74) is 2.79. The number of thioether (sulfide) groups is 1. The first-order valence-corrected chi connectivity index (χ1v) is 11.4. The van der Waals surface area contributed by atoms with Crippen LogP contribution in [0.2, 0.25) is 0 Å². The van der Waals surface area contributed by atoms with Crippen molar-refractivity contribution >= 4 is 23.4 Å². The molecule has 0 unspecified atom stereocenters. The molecule has 2 heterocycles. The lowest BCUT2D eigenvalue weighted by atomic mass is 10.1. The van der Waals surface area contributed by atoms with Crippen LogP contribution in [0.3, 0.4) is 0 Å². The Hall–Kier alpha value is -3.52. The molecule has 164 valence electrons. The van der Waals surface area contributed by atoms with Crippen LogP contribution in [-0.2, 0) is 11.2 Å². The Balaban J connectivity index is 1.56. The van der Waals surface area contributed by atoms with E-state index in [4.69, 9.17) is 9.15 Å². The number of carbonyl (C=O) groups is 1. The van der Waals surface area contributed by atoms with E-state index in [0.29, 0.717) is 23.3 Å². The number of nitrogens with zero attached hydrogens (tertiary/aromatic N) is 3. The highest BCUT2D eigenvalue weighted by Crippen LogP contribution is 2.29. The largest absolute Gasteiger partial charge is 0.494 e. The highest BCUT2D eigenvalue weighted by Gasteiger charge is 2.19. The van der Waals surface area contributed by atoms with Crippen molar-refractivity contribution in [1.29, 1.82) is 0 Å². The normalized spacial score (nSPS) is 10.8. The fourth-order valence-corrected chi connectivity index (χ4v) is 4.04. The smallest absolute Gasteiger partial charge is 0.234 e. The summed E-state index contributed by atoms with van der Waals surface area (Å²) in [4.78, 5) is 12.6. The number of nitrogens with one attached hydrogen (secondary N) is 1. The summed E-state index contributed by atoms with van der Waals surface area (Å²) in [5.74, 6) is 2.05. The van der Waals surface area contributed by atoms with Gasteiger partial charge >= 0.3 is 0 Å². The number of hydrogen-bond acceptors (Lipinski definition) is 6. The molecule has 4 aromatic rings. The van der Waals surface area contributed by atoms with Crippen molar-refractivity contribution in [3.05, 3.63) is 72.5 Å². The lowest BCUT2D eigenvalue weighted by Crippen LogP contribution is -2.15. The van der Waals surface area contributed by atoms with Crippen LogP contribution in [0.25, 0.3) is 17.3 Å². The second kappa shape index (κ2) is 10.2. The molecule has 0 aliphatic rings. The van der Waals surface area contributed by atoms with Gasteiger partial charge in [-0.2, -0.15) is 0 Å². The van der Waals surface area contributed by atoms with Crippen LogP contribution in [0.15, 0.2) is 76.5 Å². The van der Waals surface area contributed by atoms with Crippen LogP contribution in [0.4, 0.5) is 5.69 Å². The zero-order valence-electron chi connectivity index (χ0n) is 17.9. The molecule has 0 saturated carbocycles. The molecule has 0 saturated heterocycles. The third-order valence-electron chi connectivity index (χ3n) is 4.79. The van der Waals surface area contributed by atoms with Crippen LogP contribution < -0.4 is 10.1 Å². The van der Waals surface area contributed by atoms with Gasteiger partial charge < -0.3 is 14.5 Å². The highest BCUT2D eigenvalue weighted by atomic mass is 32.2. The SMILES string of the molecule is CCOc1ccc(-n2c(SCC(=O)Nc3ccccc3CC)nnc2-c2ccco2)cc1. The number of carbonyl (C=O) groups excluding carboxylic acids is 1.